The highest BCUT2D eigenvalue weighted by Gasteiger charge is 2.07. The Morgan fingerprint density at radius 1 is 1.17 bits per heavy atom. The predicted octanol–water partition coefficient (Wildman–Crippen LogP) is 1.08. The molecular formula is C12H9N5O. The number of aromatic nitrogens is 5. The topological polar surface area (TPSA) is 84.4 Å². The molecule has 0 spiro atoms. The molecule has 0 aliphatic heterocycles. The van der Waals surface area contributed by atoms with E-state index in [4.69, 9.17) is 0 Å². The summed E-state index contributed by atoms with van der Waals surface area (Å²) in [6, 6.07) is 3.55. The van der Waals surface area contributed by atoms with Crippen molar-refractivity contribution >= 4 is 11.0 Å². The molecule has 0 bridgehead atoms. The third-order valence-corrected chi connectivity index (χ3v) is 2.54. The largest absolute Gasteiger partial charge is 0.306 e. The molecule has 0 saturated heterocycles. The number of aromatic amines is 1. The monoisotopic (exact) mass is 239 g/mol. The van der Waals surface area contributed by atoms with Crippen LogP contribution in [0, 0.1) is 6.92 Å². The molecule has 1 N–H and O–H groups in total. The molecule has 0 aromatic carbocycles. The van der Waals surface area contributed by atoms with Crippen molar-refractivity contribution in [3.8, 4) is 11.4 Å². The molecule has 0 radical (unpaired) electrons. The van der Waals surface area contributed by atoms with E-state index in [1.165, 1.54) is 6.20 Å². The maximum absolute atomic E-state index is 11.9. The first-order valence-electron chi connectivity index (χ1n) is 5.38. The number of pyridine rings is 1. The van der Waals surface area contributed by atoms with Crippen molar-refractivity contribution < 1.29 is 0 Å². The van der Waals surface area contributed by atoms with E-state index < -0.39 is 0 Å². The third kappa shape index (κ3) is 1.73. The van der Waals surface area contributed by atoms with Crippen molar-refractivity contribution in [2.45, 2.75) is 6.92 Å². The molecule has 3 heterocycles. The number of aryl methyl sites for hydroxylation is 1. The van der Waals surface area contributed by atoms with Crippen LogP contribution in [0.2, 0.25) is 0 Å². The van der Waals surface area contributed by atoms with Gasteiger partial charge in [-0.2, -0.15) is 0 Å². The van der Waals surface area contributed by atoms with Crippen LogP contribution in [-0.2, 0) is 0 Å². The number of rotatable bonds is 1. The summed E-state index contributed by atoms with van der Waals surface area (Å²) < 4.78 is 0. The minimum atomic E-state index is -0.244. The van der Waals surface area contributed by atoms with Gasteiger partial charge in [0.15, 0.2) is 5.65 Å². The van der Waals surface area contributed by atoms with E-state index >= 15 is 0 Å². The number of nitrogens with zero attached hydrogens (tertiary/aromatic N) is 4. The predicted molar refractivity (Wildman–Crippen MR) is 65.9 cm³/mol. The average molecular weight is 239 g/mol. The second-order valence-electron chi connectivity index (χ2n) is 3.80. The van der Waals surface area contributed by atoms with E-state index in [0.29, 0.717) is 22.7 Å². The van der Waals surface area contributed by atoms with E-state index in [2.05, 4.69) is 24.9 Å². The molecule has 0 unspecified atom stereocenters. The lowest BCUT2D eigenvalue weighted by Crippen LogP contribution is -2.11. The van der Waals surface area contributed by atoms with Crippen LogP contribution < -0.4 is 5.56 Å². The molecule has 0 saturated carbocycles. The molecule has 88 valence electrons. The van der Waals surface area contributed by atoms with Crippen LogP contribution in [-0.4, -0.2) is 24.9 Å². The van der Waals surface area contributed by atoms with Crippen molar-refractivity contribution in [3.05, 3.63) is 46.9 Å². The summed E-state index contributed by atoms with van der Waals surface area (Å²) in [5.74, 6) is 1.06. The SMILES string of the molecule is Cc1ncc2c(=O)[nH]c(-c3ccncc3)nc2n1. The summed E-state index contributed by atoms with van der Waals surface area (Å²) in [6.07, 6.45) is 4.77. The van der Waals surface area contributed by atoms with E-state index in [0.717, 1.165) is 5.56 Å². The Kier molecular flexibility index (Phi) is 2.33. The molecule has 6 heteroatoms. The van der Waals surface area contributed by atoms with Gasteiger partial charge < -0.3 is 4.98 Å². The van der Waals surface area contributed by atoms with Gasteiger partial charge in [-0.15, -0.1) is 0 Å². The van der Waals surface area contributed by atoms with E-state index in [1.54, 1.807) is 31.5 Å². The van der Waals surface area contributed by atoms with Gasteiger partial charge in [-0.25, -0.2) is 15.0 Å². The Morgan fingerprint density at radius 2 is 1.94 bits per heavy atom. The summed E-state index contributed by atoms with van der Waals surface area (Å²) in [6.45, 7) is 1.76. The van der Waals surface area contributed by atoms with Crippen LogP contribution in [0.25, 0.3) is 22.4 Å². The van der Waals surface area contributed by atoms with E-state index in [-0.39, 0.29) is 5.56 Å². The first-order chi connectivity index (χ1) is 8.74. The van der Waals surface area contributed by atoms with Crippen molar-refractivity contribution in [1.29, 1.82) is 0 Å². The van der Waals surface area contributed by atoms with Crippen molar-refractivity contribution in [1.82, 2.24) is 24.9 Å². The standard InChI is InChI=1S/C12H9N5O/c1-7-14-6-9-11(15-7)16-10(17-12(9)18)8-2-4-13-5-3-8/h2-6H,1H3,(H,14,15,16,17,18). The zero-order chi connectivity index (χ0) is 12.5. The summed E-state index contributed by atoms with van der Waals surface area (Å²) in [5, 5.41) is 0.387. The third-order valence-electron chi connectivity index (χ3n) is 2.54. The van der Waals surface area contributed by atoms with Crippen LogP contribution in [0.5, 0.6) is 0 Å². The first kappa shape index (κ1) is 10.5. The second-order valence-corrected chi connectivity index (χ2v) is 3.80. The fourth-order valence-electron chi connectivity index (χ4n) is 1.66. The maximum atomic E-state index is 11.9. The van der Waals surface area contributed by atoms with Gasteiger partial charge in [0.05, 0.1) is 0 Å². The molecular weight excluding hydrogens is 230 g/mol. The Bertz CT molecular complexity index is 766. The molecule has 0 amide bonds. The highest BCUT2D eigenvalue weighted by atomic mass is 16.1. The van der Waals surface area contributed by atoms with Gasteiger partial charge in [-0.1, -0.05) is 0 Å². The molecule has 18 heavy (non-hydrogen) atoms. The van der Waals surface area contributed by atoms with Crippen molar-refractivity contribution in [2.24, 2.45) is 0 Å². The summed E-state index contributed by atoms with van der Waals surface area (Å²) in [5.41, 5.74) is 0.949. The molecule has 0 atom stereocenters. The lowest BCUT2D eigenvalue weighted by Gasteiger charge is -2.02. The first-order valence-corrected chi connectivity index (χ1v) is 5.38. The number of nitrogens with one attached hydrogen (secondary N) is 1. The molecule has 3 aromatic rings. The van der Waals surface area contributed by atoms with Crippen LogP contribution in [0.4, 0.5) is 0 Å². The summed E-state index contributed by atoms with van der Waals surface area (Å²) >= 11 is 0. The maximum Gasteiger partial charge on any atom is 0.262 e. The summed E-state index contributed by atoms with van der Waals surface area (Å²) in [7, 11) is 0. The highest BCUT2D eigenvalue weighted by molar-refractivity contribution is 5.74. The van der Waals surface area contributed by atoms with Gasteiger partial charge in [0.2, 0.25) is 0 Å². The minimum absolute atomic E-state index is 0.244. The van der Waals surface area contributed by atoms with Gasteiger partial charge >= 0.3 is 0 Å². The van der Waals surface area contributed by atoms with E-state index in [1.807, 2.05) is 0 Å². The smallest absolute Gasteiger partial charge is 0.262 e. The lowest BCUT2D eigenvalue weighted by molar-refractivity contribution is 1.05. The van der Waals surface area contributed by atoms with Crippen LogP contribution in [0.3, 0.4) is 0 Å². The summed E-state index contributed by atoms with van der Waals surface area (Å²) in [4.78, 5) is 31.0. The zero-order valence-electron chi connectivity index (χ0n) is 9.58. The fraction of sp³-hybridized carbons (Fsp3) is 0.0833. The number of hydrogen-bond acceptors (Lipinski definition) is 5. The molecule has 0 aliphatic rings. The second kappa shape index (κ2) is 3.99. The highest BCUT2D eigenvalue weighted by Crippen LogP contribution is 2.13. The Morgan fingerprint density at radius 3 is 2.72 bits per heavy atom. The average Bonchev–Trinajstić information content (AvgIpc) is 2.39. The Labute approximate surface area is 102 Å². The molecule has 0 fully saturated rings. The Balaban J connectivity index is 2.30. The zero-order valence-corrected chi connectivity index (χ0v) is 9.58. The minimum Gasteiger partial charge on any atom is -0.306 e. The van der Waals surface area contributed by atoms with Gasteiger partial charge in [0, 0.05) is 24.2 Å². The molecule has 3 aromatic heterocycles. The number of fused-ring (bicyclic) bond motifs is 1. The van der Waals surface area contributed by atoms with Gasteiger partial charge in [-0.3, -0.25) is 9.78 Å². The van der Waals surface area contributed by atoms with Crippen LogP contribution in [0.1, 0.15) is 5.82 Å². The van der Waals surface area contributed by atoms with Crippen LogP contribution in [0.15, 0.2) is 35.5 Å². The normalized spacial score (nSPS) is 10.7. The van der Waals surface area contributed by atoms with Crippen LogP contribution >= 0.6 is 0 Å². The van der Waals surface area contributed by atoms with Gasteiger partial charge in [0.1, 0.15) is 17.0 Å². The van der Waals surface area contributed by atoms with Gasteiger partial charge in [0.25, 0.3) is 5.56 Å². The van der Waals surface area contributed by atoms with Crippen molar-refractivity contribution in [2.75, 3.05) is 0 Å². The molecule has 6 nitrogen and oxygen atoms in total. The number of hydrogen-bond donors (Lipinski definition) is 1. The quantitative estimate of drug-likeness (QED) is 0.687. The molecule has 3 rings (SSSR count). The fourth-order valence-corrected chi connectivity index (χ4v) is 1.66. The lowest BCUT2D eigenvalue weighted by atomic mass is 10.2. The molecule has 0 aliphatic carbocycles. The number of H-pyrrole nitrogens is 1. The van der Waals surface area contributed by atoms with Gasteiger partial charge in [-0.05, 0) is 19.1 Å². The van der Waals surface area contributed by atoms with Crippen molar-refractivity contribution in [3.63, 3.8) is 0 Å². The Hall–Kier alpha value is -2.63. The van der Waals surface area contributed by atoms with E-state index in [9.17, 15) is 4.79 Å².